The number of rotatable bonds is 1. The van der Waals surface area contributed by atoms with Crippen LogP contribution in [0.15, 0.2) is 18.3 Å². The third-order valence-electron chi connectivity index (χ3n) is 4.93. The molecule has 22 heavy (non-hydrogen) atoms. The normalized spacial score (nSPS) is 26.4. The number of likely N-dealkylation sites (N-methyl/N-ethyl adjacent to an activating group) is 1. The number of nitriles is 1. The standard InChI is InChI=1S/C16H21N5O/c1-20-8-9-21(14-3-2-13(10-17)11-19-14)12-16(20)5-4-15(22)18-7-6-16/h2-3,11H,4-9,12H2,1H3,(H,18,22)/t16-/m0/s1. The molecule has 2 aliphatic heterocycles. The third-order valence-corrected chi connectivity index (χ3v) is 4.93. The molecule has 6 nitrogen and oxygen atoms in total. The van der Waals surface area contributed by atoms with Crippen molar-refractivity contribution in [1.29, 1.82) is 5.26 Å². The van der Waals surface area contributed by atoms with Crippen molar-refractivity contribution in [2.75, 3.05) is 38.1 Å². The van der Waals surface area contributed by atoms with E-state index in [4.69, 9.17) is 5.26 Å². The van der Waals surface area contributed by atoms with Crippen molar-refractivity contribution in [2.45, 2.75) is 24.8 Å². The average Bonchev–Trinajstić information content (AvgIpc) is 2.73. The first-order chi connectivity index (χ1) is 10.6. The van der Waals surface area contributed by atoms with E-state index in [1.165, 1.54) is 0 Å². The van der Waals surface area contributed by atoms with E-state index in [-0.39, 0.29) is 11.4 Å². The van der Waals surface area contributed by atoms with Gasteiger partial charge in [-0.25, -0.2) is 4.98 Å². The zero-order valence-corrected chi connectivity index (χ0v) is 12.9. The molecule has 2 aliphatic rings. The number of carbonyl (C=O) groups is 1. The molecule has 6 heteroatoms. The number of hydrogen-bond acceptors (Lipinski definition) is 5. The Bertz CT molecular complexity index is 594. The molecule has 0 bridgehead atoms. The van der Waals surface area contributed by atoms with Gasteiger partial charge in [0.2, 0.25) is 5.91 Å². The van der Waals surface area contributed by atoms with Gasteiger partial charge in [0.1, 0.15) is 11.9 Å². The average molecular weight is 299 g/mol. The van der Waals surface area contributed by atoms with Crippen LogP contribution in [-0.2, 0) is 4.79 Å². The maximum atomic E-state index is 11.7. The van der Waals surface area contributed by atoms with Gasteiger partial charge in [-0.3, -0.25) is 9.69 Å². The van der Waals surface area contributed by atoms with Crippen molar-refractivity contribution in [3.8, 4) is 6.07 Å². The predicted octanol–water partition coefficient (Wildman–Crippen LogP) is 0.744. The van der Waals surface area contributed by atoms with Gasteiger partial charge >= 0.3 is 0 Å². The van der Waals surface area contributed by atoms with Gasteiger partial charge in [0.15, 0.2) is 0 Å². The number of pyridine rings is 1. The molecule has 0 aromatic carbocycles. The minimum absolute atomic E-state index is 0.0208. The van der Waals surface area contributed by atoms with Gasteiger partial charge in [0.05, 0.1) is 5.56 Å². The van der Waals surface area contributed by atoms with Crippen molar-refractivity contribution in [3.63, 3.8) is 0 Å². The number of hydrogen-bond donors (Lipinski definition) is 1. The molecule has 2 fully saturated rings. The van der Waals surface area contributed by atoms with Gasteiger partial charge in [-0.15, -0.1) is 0 Å². The van der Waals surface area contributed by atoms with Crippen LogP contribution in [0.4, 0.5) is 5.82 Å². The summed E-state index contributed by atoms with van der Waals surface area (Å²) in [6.07, 6.45) is 4.04. The number of aromatic nitrogens is 1. The number of nitrogens with zero attached hydrogens (tertiary/aromatic N) is 4. The Labute approximate surface area is 130 Å². The molecule has 1 N–H and O–H groups in total. The SMILES string of the molecule is CN1CCN(c2ccc(C#N)cn2)C[C@]12CCNC(=O)CC2. The fourth-order valence-corrected chi connectivity index (χ4v) is 3.43. The molecule has 2 saturated heterocycles. The molecular formula is C16H21N5O. The van der Waals surface area contributed by atoms with Crippen LogP contribution in [0, 0.1) is 11.3 Å². The quantitative estimate of drug-likeness (QED) is 0.828. The fourth-order valence-electron chi connectivity index (χ4n) is 3.43. The van der Waals surface area contributed by atoms with E-state index in [1.54, 1.807) is 6.20 Å². The molecule has 0 aliphatic carbocycles. The molecule has 0 radical (unpaired) electrons. The molecule has 1 aromatic rings. The Morgan fingerprint density at radius 2 is 2.23 bits per heavy atom. The Balaban J connectivity index is 1.80. The summed E-state index contributed by atoms with van der Waals surface area (Å²) < 4.78 is 0. The summed E-state index contributed by atoms with van der Waals surface area (Å²) in [5, 5.41) is 11.8. The van der Waals surface area contributed by atoms with Crippen LogP contribution in [0.2, 0.25) is 0 Å². The largest absolute Gasteiger partial charge is 0.356 e. The van der Waals surface area contributed by atoms with Crippen molar-refractivity contribution in [3.05, 3.63) is 23.9 Å². The van der Waals surface area contributed by atoms with Crippen LogP contribution in [0.5, 0.6) is 0 Å². The summed E-state index contributed by atoms with van der Waals surface area (Å²) in [5.74, 6) is 1.06. The fraction of sp³-hybridized carbons (Fsp3) is 0.562. The number of carbonyl (C=O) groups excluding carboxylic acids is 1. The Morgan fingerprint density at radius 3 is 2.95 bits per heavy atom. The summed E-state index contributed by atoms with van der Waals surface area (Å²) in [6.45, 7) is 3.48. The molecule has 3 rings (SSSR count). The monoisotopic (exact) mass is 299 g/mol. The van der Waals surface area contributed by atoms with Gasteiger partial charge in [0.25, 0.3) is 0 Å². The van der Waals surface area contributed by atoms with E-state index in [2.05, 4.69) is 33.2 Å². The van der Waals surface area contributed by atoms with Crippen molar-refractivity contribution < 1.29 is 4.79 Å². The van der Waals surface area contributed by atoms with Crippen LogP contribution >= 0.6 is 0 Å². The summed E-state index contributed by atoms with van der Waals surface area (Å²) in [7, 11) is 2.15. The van der Waals surface area contributed by atoms with E-state index in [0.29, 0.717) is 12.0 Å². The highest BCUT2D eigenvalue weighted by molar-refractivity contribution is 5.76. The lowest BCUT2D eigenvalue weighted by Crippen LogP contribution is -2.61. The van der Waals surface area contributed by atoms with Crippen molar-refractivity contribution in [1.82, 2.24) is 15.2 Å². The van der Waals surface area contributed by atoms with Crippen LogP contribution in [0.1, 0.15) is 24.8 Å². The summed E-state index contributed by atoms with van der Waals surface area (Å²) in [5.41, 5.74) is 0.601. The molecule has 3 heterocycles. The second-order valence-electron chi connectivity index (χ2n) is 6.18. The zero-order chi connectivity index (χ0) is 15.6. The number of anilines is 1. The highest BCUT2D eigenvalue weighted by Crippen LogP contribution is 2.31. The molecule has 0 unspecified atom stereocenters. The van der Waals surface area contributed by atoms with Gasteiger partial charge in [0, 0.05) is 44.3 Å². The van der Waals surface area contributed by atoms with E-state index < -0.39 is 0 Å². The lowest BCUT2D eigenvalue weighted by molar-refractivity contribution is -0.120. The maximum absolute atomic E-state index is 11.7. The summed E-state index contributed by atoms with van der Waals surface area (Å²) in [6, 6.07) is 5.82. The first kappa shape index (κ1) is 14.8. The Kier molecular flexibility index (Phi) is 3.99. The van der Waals surface area contributed by atoms with E-state index in [9.17, 15) is 4.79 Å². The van der Waals surface area contributed by atoms with Crippen LogP contribution < -0.4 is 10.2 Å². The second-order valence-corrected chi connectivity index (χ2v) is 6.18. The highest BCUT2D eigenvalue weighted by Gasteiger charge is 2.41. The van der Waals surface area contributed by atoms with Crippen LogP contribution in [0.3, 0.4) is 0 Å². The molecule has 1 amide bonds. The van der Waals surface area contributed by atoms with E-state index in [1.807, 2.05) is 12.1 Å². The predicted molar refractivity (Wildman–Crippen MR) is 83.4 cm³/mol. The molecule has 1 spiro atoms. The van der Waals surface area contributed by atoms with Crippen molar-refractivity contribution in [2.24, 2.45) is 0 Å². The third kappa shape index (κ3) is 2.77. The first-order valence-corrected chi connectivity index (χ1v) is 7.72. The molecule has 0 saturated carbocycles. The molecule has 1 aromatic heterocycles. The van der Waals surface area contributed by atoms with Gasteiger partial charge in [-0.1, -0.05) is 0 Å². The zero-order valence-electron chi connectivity index (χ0n) is 12.9. The molecular weight excluding hydrogens is 278 g/mol. The highest BCUT2D eigenvalue weighted by atomic mass is 16.1. The Hall–Kier alpha value is -2.13. The van der Waals surface area contributed by atoms with Gasteiger partial charge < -0.3 is 10.2 Å². The lowest BCUT2D eigenvalue weighted by atomic mass is 9.86. The van der Waals surface area contributed by atoms with Gasteiger partial charge in [-0.05, 0) is 32.0 Å². The maximum Gasteiger partial charge on any atom is 0.220 e. The van der Waals surface area contributed by atoms with E-state index in [0.717, 1.165) is 44.8 Å². The Morgan fingerprint density at radius 1 is 1.36 bits per heavy atom. The molecule has 116 valence electrons. The van der Waals surface area contributed by atoms with Crippen LogP contribution in [-0.4, -0.2) is 54.6 Å². The second kappa shape index (κ2) is 5.93. The van der Waals surface area contributed by atoms with E-state index >= 15 is 0 Å². The van der Waals surface area contributed by atoms with Gasteiger partial charge in [-0.2, -0.15) is 5.26 Å². The van der Waals surface area contributed by atoms with Crippen LogP contribution in [0.25, 0.3) is 0 Å². The lowest BCUT2D eigenvalue weighted by Gasteiger charge is -2.49. The summed E-state index contributed by atoms with van der Waals surface area (Å²) >= 11 is 0. The summed E-state index contributed by atoms with van der Waals surface area (Å²) in [4.78, 5) is 20.7. The smallest absolute Gasteiger partial charge is 0.220 e. The molecule has 1 atom stereocenters. The number of nitrogens with one attached hydrogen (secondary N) is 1. The number of piperazine rings is 1. The number of amides is 1. The minimum atomic E-state index is 0.0208. The van der Waals surface area contributed by atoms with Crippen molar-refractivity contribution >= 4 is 11.7 Å². The minimum Gasteiger partial charge on any atom is -0.356 e. The first-order valence-electron chi connectivity index (χ1n) is 7.72. The topological polar surface area (TPSA) is 72.3 Å².